The summed E-state index contributed by atoms with van der Waals surface area (Å²) < 4.78 is 7.80. The maximum atomic E-state index is 6.44. The van der Waals surface area contributed by atoms with Crippen LogP contribution < -0.4 is 10.5 Å². The molecule has 0 radical (unpaired) electrons. The molecule has 2 unspecified atom stereocenters. The number of hydrogen-bond acceptors (Lipinski definition) is 3. The summed E-state index contributed by atoms with van der Waals surface area (Å²) in [5.74, 6) is 1.37. The third kappa shape index (κ3) is 2.95. The van der Waals surface area contributed by atoms with Crippen LogP contribution in [0.3, 0.4) is 0 Å². The van der Waals surface area contributed by atoms with E-state index in [2.05, 4.69) is 30.2 Å². The normalized spacial score (nSPS) is 18.9. The van der Waals surface area contributed by atoms with Crippen LogP contribution in [0.1, 0.15) is 23.9 Å². The van der Waals surface area contributed by atoms with E-state index in [0.717, 1.165) is 30.7 Å². The van der Waals surface area contributed by atoms with E-state index in [9.17, 15) is 0 Å². The summed E-state index contributed by atoms with van der Waals surface area (Å²) in [5, 5.41) is 4.49. The predicted octanol–water partition coefficient (Wildman–Crippen LogP) is 2.10. The first kappa shape index (κ1) is 14.1. The Morgan fingerprint density at radius 1 is 1.43 bits per heavy atom. The fourth-order valence-electron chi connectivity index (χ4n) is 2.97. The highest BCUT2D eigenvalue weighted by atomic mass is 16.5. The minimum Gasteiger partial charge on any atom is -0.493 e. The van der Waals surface area contributed by atoms with Crippen LogP contribution in [-0.2, 0) is 26.3 Å². The molecule has 1 aromatic heterocycles. The quantitative estimate of drug-likeness (QED) is 0.936. The molecule has 112 valence electrons. The fourth-order valence-corrected chi connectivity index (χ4v) is 2.97. The van der Waals surface area contributed by atoms with Crippen LogP contribution in [0.15, 0.2) is 30.3 Å². The van der Waals surface area contributed by atoms with Crippen LogP contribution in [-0.4, -0.2) is 22.4 Å². The maximum absolute atomic E-state index is 6.44. The van der Waals surface area contributed by atoms with Gasteiger partial charge in [-0.25, -0.2) is 0 Å². The number of nitrogens with two attached hydrogens (primary N) is 1. The number of fused-ring (bicyclic) bond motifs is 1. The number of benzene rings is 1. The van der Waals surface area contributed by atoms with E-state index in [1.807, 2.05) is 23.9 Å². The summed E-state index contributed by atoms with van der Waals surface area (Å²) >= 11 is 0. The number of rotatable bonds is 4. The number of aryl methyl sites for hydroxylation is 2. The van der Waals surface area contributed by atoms with Crippen LogP contribution in [0.2, 0.25) is 0 Å². The van der Waals surface area contributed by atoms with Crippen molar-refractivity contribution in [2.45, 2.75) is 32.2 Å². The number of hydrogen-bond donors (Lipinski definition) is 1. The summed E-state index contributed by atoms with van der Waals surface area (Å²) in [7, 11) is 1.99. The lowest BCUT2D eigenvalue weighted by molar-refractivity contribution is 0.198. The lowest BCUT2D eigenvalue weighted by Gasteiger charge is -2.29. The Hall–Kier alpha value is -1.81. The van der Waals surface area contributed by atoms with E-state index in [0.29, 0.717) is 12.5 Å². The van der Waals surface area contributed by atoms with E-state index in [1.165, 1.54) is 11.3 Å². The van der Waals surface area contributed by atoms with Crippen molar-refractivity contribution in [3.63, 3.8) is 0 Å². The molecular formula is C17H23N3O. The van der Waals surface area contributed by atoms with Gasteiger partial charge in [0, 0.05) is 31.1 Å². The van der Waals surface area contributed by atoms with Crippen molar-refractivity contribution >= 4 is 0 Å². The van der Waals surface area contributed by atoms with Gasteiger partial charge in [-0.15, -0.1) is 0 Å². The van der Waals surface area contributed by atoms with E-state index in [4.69, 9.17) is 10.5 Å². The molecule has 0 amide bonds. The van der Waals surface area contributed by atoms with Crippen molar-refractivity contribution in [3.8, 4) is 5.75 Å². The van der Waals surface area contributed by atoms with Crippen LogP contribution in [0.25, 0.3) is 0 Å². The van der Waals surface area contributed by atoms with Crippen LogP contribution in [0.4, 0.5) is 0 Å². The van der Waals surface area contributed by atoms with Crippen LogP contribution >= 0.6 is 0 Å². The van der Waals surface area contributed by atoms with Crippen molar-refractivity contribution < 1.29 is 4.74 Å². The molecule has 0 bridgehead atoms. The van der Waals surface area contributed by atoms with Gasteiger partial charge in [0.1, 0.15) is 5.75 Å². The monoisotopic (exact) mass is 285 g/mol. The van der Waals surface area contributed by atoms with E-state index < -0.39 is 0 Å². The summed E-state index contributed by atoms with van der Waals surface area (Å²) in [6, 6.07) is 10.5. The SMILES string of the molecule is CCc1cc(CC(N)C2COc3ccccc3C2)n(C)n1. The molecule has 4 heteroatoms. The minimum atomic E-state index is 0.0958. The highest BCUT2D eigenvalue weighted by molar-refractivity contribution is 5.35. The second kappa shape index (κ2) is 5.90. The number of nitrogens with zero attached hydrogens (tertiary/aromatic N) is 2. The van der Waals surface area contributed by atoms with E-state index in [1.54, 1.807) is 0 Å². The topological polar surface area (TPSA) is 53.1 Å². The van der Waals surface area contributed by atoms with Gasteiger partial charge in [0.15, 0.2) is 0 Å². The molecule has 2 N–H and O–H groups in total. The standard InChI is InChI=1S/C17H23N3O/c1-3-14-9-15(20(2)19-14)10-16(18)13-8-12-6-4-5-7-17(12)21-11-13/h4-7,9,13,16H,3,8,10-11,18H2,1-2H3. The molecule has 2 atom stereocenters. The molecule has 1 aliphatic heterocycles. The molecule has 2 heterocycles. The van der Waals surface area contributed by atoms with Gasteiger partial charge in [-0.05, 0) is 30.5 Å². The Labute approximate surface area is 125 Å². The Morgan fingerprint density at radius 2 is 2.24 bits per heavy atom. The van der Waals surface area contributed by atoms with Crippen molar-refractivity contribution in [1.82, 2.24) is 9.78 Å². The third-order valence-electron chi connectivity index (χ3n) is 4.35. The fraction of sp³-hybridized carbons (Fsp3) is 0.471. The summed E-state index contributed by atoms with van der Waals surface area (Å²) in [5.41, 5.74) is 10.0. The van der Waals surface area contributed by atoms with Crippen molar-refractivity contribution in [3.05, 3.63) is 47.3 Å². The Balaban J connectivity index is 1.69. The zero-order valence-electron chi connectivity index (χ0n) is 12.7. The summed E-state index contributed by atoms with van der Waals surface area (Å²) in [4.78, 5) is 0. The van der Waals surface area contributed by atoms with Crippen molar-refractivity contribution in [1.29, 1.82) is 0 Å². The van der Waals surface area contributed by atoms with Crippen LogP contribution in [0, 0.1) is 5.92 Å². The van der Waals surface area contributed by atoms with Gasteiger partial charge >= 0.3 is 0 Å². The number of aromatic nitrogens is 2. The molecule has 1 aliphatic rings. The van der Waals surface area contributed by atoms with Gasteiger partial charge in [-0.3, -0.25) is 4.68 Å². The molecule has 0 spiro atoms. The third-order valence-corrected chi connectivity index (χ3v) is 4.35. The van der Waals surface area contributed by atoms with Crippen LogP contribution in [0.5, 0.6) is 5.75 Å². The average molecular weight is 285 g/mol. The van der Waals surface area contributed by atoms with E-state index in [-0.39, 0.29) is 6.04 Å². The molecule has 1 aromatic carbocycles. The molecule has 0 saturated carbocycles. The summed E-state index contributed by atoms with van der Waals surface area (Å²) in [6.07, 6.45) is 2.80. The van der Waals surface area contributed by atoms with E-state index >= 15 is 0 Å². The Kier molecular flexibility index (Phi) is 3.97. The van der Waals surface area contributed by atoms with Gasteiger partial charge in [0.2, 0.25) is 0 Å². The highest BCUT2D eigenvalue weighted by Gasteiger charge is 2.25. The first-order valence-electron chi connectivity index (χ1n) is 7.65. The molecule has 0 fully saturated rings. The molecule has 2 aromatic rings. The molecule has 3 rings (SSSR count). The van der Waals surface area contributed by atoms with Gasteiger partial charge in [-0.1, -0.05) is 25.1 Å². The van der Waals surface area contributed by atoms with Gasteiger partial charge < -0.3 is 10.5 Å². The zero-order chi connectivity index (χ0) is 14.8. The molecular weight excluding hydrogens is 262 g/mol. The second-order valence-electron chi connectivity index (χ2n) is 5.86. The van der Waals surface area contributed by atoms with Crippen molar-refractivity contribution in [2.75, 3.05) is 6.61 Å². The van der Waals surface area contributed by atoms with Gasteiger partial charge in [0.05, 0.1) is 12.3 Å². The zero-order valence-corrected chi connectivity index (χ0v) is 12.7. The second-order valence-corrected chi connectivity index (χ2v) is 5.86. The lowest BCUT2D eigenvalue weighted by atomic mass is 9.88. The first-order chi connectivity index (χ1) is 10.2. The molecule has 4 nitrogen and oxygen atoms in total. The molecule has 0 saturated heterocycles. The lowest BCUT2D eigenvalue weighted by Crippen LogP contribution is -2.39. The van der Waals surface area contributed by atoms with Crippen molar-refractivity contribution in [2.24, 2.45) is 18.7 Å². The van der Waals surface area contributed by atoms with Gasteiger partial charge in [0.25, 0.3) is 0 Å². The predicted molar refractivity (Wildman–Crippen MR) is 83.4 cm³/mol. The summed E-state index contributed by atoms with van der Waals surface area (Å²) in [6.45, 7) is 2.83. The minimum absolute atomic E-state index is 0.0958. The van der Waals surface area contributed by atoms with Gasteiger partial charge in [-0.2, -0.15) is 5.10 Å². The average Bonchev–Trinajstić information content (AvgIpc) is 2.87. The smallest absolute Gasteiger partial charge is 0.122 e. The first-order valence-corrected chi connectivity index (χ1v) is 7.65. The molecule has 0 aliphatic carbocycles. The number of para-hydroxylation sites is 1. The highest BCUT2D eigenvalue weighted by Crippen LogP contribution is 2.28. The Bertz CT molecular complexity index is 620. The largest absolute Gasteiger partial charge is 0.493 e. The Morgan fingerprint density at radius 3 is 3.00 bits per heavy atom. The molecule has 21 heavy (non-hydrogen) atoms. The number of ether oxygens (including phenoxy) is 1. The maximum Gasteiger partial charge on any atom is 0.122 e.